The van der Waals surface area contributed by atoms with Crippen LogP contribution in [0.4, 0.5) is 21.0 Å². The fourth-order valence-corrected chi connectivity index (χ4v) is 7.80. The number of hydrogen-bond acceptors (Lipinski definition) is 5. The van der Waals surface area contributed by atoms with Crippen molar-refractivity contribution < 1.29 is 9.59 Å². The lowest BCUT2D eigenvalue weighted by Gasteiger charge is -2.42. The molecule has 2 aromatic rings. The fraction of sp³-hybridized carbons (Fsp3) is 0.576. The van der Waals surface area contributed by atoms with Gasteiger partial charge < -0.3 is 36.0 Å². The van der Waals surface area contributed by atoms with E-state index in [2.05, 4.69) is 54.6 Å². The predicted octanol–water partition coefficient (Wildman–Crippen LogP) is 5.11. The molecule has 4 amide bonds. The van der Waals surface area contributed by atoms with Gasteiger partial charge in [-0.25, -0.2) is 9.59 Å². The molecule has 232 valence electrons. The van der Waals surface area contributed by atoms with Crippen LogP contribution in [0.5, 0.6) is 0 Å². The van der Waals surface area contributed by atoms with Gasteiger partial charge in [0.2, 0.25) is 0 Å². The van der Waals surface area contributed by atoms with Crippen molar-refractivity contribution in [1.29, 1.82) is 0 Å². The van der Waals surface area contributed by atoms with Crippen LogP contribution < -0.4 is 16.4 Å². The van der Waals surface area contributed by atoms with Gasteiger partial charge in [0.25, 0.3) is 0 Å². The molecule has 0 bridgehead atoms. The maximum atomic E-state index is 13.6. The zero-order chi connectivity index (χ0) is 29.8. The predicted molar refractivity (Wildman–Crippen MR) is 175 cm³/mol. The molecule has 2 aromatic carbocycles. The quantitative estimate of drug-likeness (QED) is 0.362. The van der Waals surface area contributed by atoms with Crippen LogP contribution in [0.1, 0.15) is 56.1 Å². The van der Waals surface area contributed by atoms with E-state index in [1.807, 2.05) is 34.1 Å². The second-order valence-corrected chi connectivity index (χ2v) is 13.6. The summed E-state index contributed by atoms with van der Waals surface area (Å²) in [6, 6.07) is 14.8. The second-order valence-electron chi connectivity index (χ2n) is 12.8. The summed E-state index contributed by atoms with van der Waals surface area (Å²) in [4.78, 5) is 35.6. The molecular formula is C33H46BrN7O2. The zero-order valence-corrected chi connectivity index (χ0v) is 26.7. The standard InChI is InChI=1S/C33H46BrN7O2/c34-29-21-24(8-9-30(29)35)20-26(23-38-16-10-27(11-17-38)39-14-4-1-5-15-39)36-32(42)40-18-12-28(13-19-40)41-22-25-6-2-3-7-31(25)37-33(41)43/h2-3,6-9,21,26-28H,1,4-5,10-20,22-23,35H2,(H,36,42)(H,37,43)/t26-/m1/s1. The lowest BCUT2D eigenvalue weighted by molar-refractivity contribution is 0.0872. The Morgan fingerprint density at radius 2 is 1.67 bits per heavy atom. The van der Waals surface area contributed by atoms with Gasteiger partial charge in [-0.1, -0.05) is 30.7 Å². The SMILES string of the molecule is Nc1ccc(C[C@H](CN2CCC(N3CCCCC3)CC2)NC(=O)N2CCC(N3Cc4ccccc4NC3=O)CC2)cc1Br. The Hall–Kier alpha value is -2.82. The van der Waals surface area contributed by atoms with Gasteiger partial charge in [0.15, 0.2) is 0 Å². The van der Waals surface area contributed by atoms with E-state index in [9.17, 15) is 9.59 Å². The number of hydrogen-bond donors (Lipinski definition) is 3. The number of para-hydroxylation sites is 1. The second kappa shape index (κ2) is 13.9. The number of nitrogens with zero attached hydrogens (tertiary/aromatic N) is 4. The van der Waals surface area contributed by atoms with Gasteiger partial charge in [0.05, 0.1) is 0 Å². The molecule has 0 saturated carbocycles. The average molecular weight is 653 g/mol. The van der Waals surface area contributed by atoms with Crippen LogP contribution in [0.15, 0.2) is 46.9 Å². The molecule has 3 saturated heterocycles. The van der Waals surface area contributed by atoms with Crippen molar-refractivity contribution >= 4 is 39.4 Å². The number of amides is 4. The van der Waals surface area contributed by atoms with Gasteiger partial charge >= 0.3 is 12.1 Å². The summed E-state index contributed by atoms with van der Waals surface area (Å²) in [5.41, 5.74) is 9.97. The molecule has 0 radical (unpaired) electrons. The molecule has 4 heterocycles. The molecule has 9 nitrogen and oxygen atoms in total. The van der Waals surface area contributed by atoms with Crippen LogP contribution in [-0.2, 0) is 13.0 Å². The average Bonchev–Trinajstić information content (AvgIpc) is 3.03. The molecule has 0 aromatic heterocycles. The Labute approximate surface area is 264 Å². The molecule has 4 N–H and O–H groups in total. The number of nitrogen functional groups attached to an aromatic ring is 1. The maximum absolute atomic E-state index is 13.6. The summed E-state index contributed by atoms with van der Waals surface area (Å²) in [5, 5.41) is 6.44. The normalized spacial score (nSPS) is 21.7. The van der Waals surface area contributed by atoms with E-state index in [0.717, 1.165) is 65.9 Å². The molecule has 43 heavy (non-hydrogen) atoms. The van der Waals surface area contributed by atoms with E-state index in [-0.39, 0.29) is 24.1 Å². The minimum atomic E-state index is -0.0413. The van der Waals surface area contributed by atoms with Gasteiger partial charge in [-0.3, -0.25) is 0 Å². The van der Waals surface area contributed by atoms with E-state index in [1.54, 1.807) is 0 Å². The molecule has 0 unspecified atom stereocenters. The number of carbonyl (C=O) groups excluding carboxylic acids is 2. The third kappa shape index (κ3) is 7.46. The summed E-state index contributed by atoms with van der Waals surface area (Å²) < 4.78 is 0.892. The minimum Gasteiger partial charge on any atom is -0.398 e. The van der Waals surface area contributed by atoms with Crippen molar-refractivity contribution in [3.05, 3.63) is 58.1 Å². The number of piperidine rings is 3. The summed E-state index contributed by atoms with van der Waals surface area (Å²) in [6.45, 7) is 7.39. The molecule has 4 aliphatic heterocycles. The van der Waals surface area contributed by atoms with E-state index in [1.165, 1.54) is 45.2 Å². The smallest absolute Gasteiger partial charge is 0.322 e. The molecule has 0 aliphatic carbocycles. The highest BCUT2D eigenvalue weighted by Gasteiger charge is 2.33. The first kappa shape index (κ1) is 30.2. The molecule has 1 atom stereocenters. The van der Waals surface area contributed by atoms with Crippen molar-refractivity contribution in [2.75, 3.05) is 56.9 Å². The highest BCUT2D eigenvalue weighted by molar-refractivity contribution is 9.10. The van der Waals surface area contributed by atoms with Gasteiger partial charge in [0.1, 0.15) is 0 Å². The number of nitrogens with two attached hydrogens (primary N) is 1. The van der Waals surface area contributed by atoms with Crippen LogP contribution in [0.2, 0.25) is 0 Å². The van der Waals surface area contributed by atoms with Crippen molar-refractivity contribution in [3.8, 4) is 0 Å². The van der Waals surface area contributed by atoms with E-state index in [0.29, 0.717) is 25.7 Å². The number of nitrogens with one attached hydrogen (secondary N) is 2. The van der Waals surface area contributed by atoms with E-state index in [4.69, 9.17) is 5.73 Å². The highest BCUT2D eigenvalue weighted by atomic mass is 79.9. The first-order valence-corrected chi connectivity index (χ1v) is 16.9. The molecule has 6 rings (SSSR count). The topological polar surface area (TPSA) is 97.2 Å². The Morgan fingerprint density at radius 3 is 2.42 bits per heavy atom. The number of benzene rings is 2. The van der Waals surface area contributed by atoms with Gasteiger partial charge in [-0.15, -0.1) is 0 Å². The molecule has 4 aliphatic rings. The van der Waals surface area contributed by atoms with Gasteiger partial charge in [-0.2, -0.15) is 0 Å². The number of urea groups is 2. The number of halogens is 1. The van der Waals surface area contributed by atoms with Crippen LogP contribution in [0.3, 0.4) is 0 Å². The molecule has 0 spiro atoms. The van der Waals surface area contributed by atoms with Crippen molar-refractivity contribution in [3.63, 3.8) is 0 Å². The summed E-state index contributed by atoms with van der Waals surface area (Å²) in [7, 11) is 0. The number of likely N-dealkylation sites (tertiary alicyclic amines) is 3. The number of rotatable bonds is 7. The van der Waals surface area contributed by atoms with Crippen molar-refractivity contribution in [1.82, 2.24) is 24.9 Å². The first-order valence-electron chi connectivity index (χ1n) is 16.1. The van der Waals surface area contributed by atoms with Crippen molar-refractivity contribution in [2.24, 2.45) is 0 Å². The maximum Gasteiger partial charge on any atom is 0.322 e. The van der Waals surface area contributed by atoms with Gasteiger partial charge in [0, 0.05) is 60.2 Å². The van der Waals surface area contributed by atoms with Crippen LogP contribution in [0, 0.1) is 0 Å². The number of carbonyl (C=O) groups is 2. The molecule has 10 heteroatoms. The van der Waals surface area contributed by atoms with E-state index >= 15 is 0 Å². The summed E-state index contributed by atoms with van der Waals surface area (Å²) in [5.74, 6) is 0. The third-order valence-corrected chi connectivity index (χ3v) is 10.6. The minimum absolute atomic E-state index is 0.00309. The lowest BCUT2D eigenvalue weighted by atomic mass is 9.98. The van der Waals surface area contributed by atoms with Crippen LogP contribution in [0.25, 0.3) is 0 Å². The van der Waals surface area contributed by atoms with E-state index < -0.39 is 0 Å². The lowest BCUT2D eigenvalue weighted by Crippen LogP contribution is -2.55. The van der Waals surface area contributed by atoms with Gasteiger partial charge in [-0.05, 0) is 116 Å². The summed E-state index contributed by atoms with van der Waals surface area (Å²) in [6.07, 6.45) is 8.76. The van der Waals surface area contributed by atoms with Crippen LogP contribution in [-0.4, -0.2) is 95.6 Å². The highest BCUT2D eigenvalue weighted by Crippen LogP contribution is 2.28. The third-order valence-electron chi connectivity index (χ3n) is 9.87. The summed E-state index contributed by atoms with van der Waals surface area (Å²) >= 11 is 3.58. The number of anilines is 2. The first-order chi connectivity index (χ1) is 20.9. The molecule has 3 fully saturated rings. The number of fused-ring (bicyclic) bond motifs is 1. The van der Waals surface area contributed by atoms with Crippen molar-refractivity contribution in [2.45, 2.75) is 76.0 Å². The Balaban J connectivity index is 1.05. The zero-order valence-electron chi connectivity index (χ0n) is 25.1. The largest absolute Gasteiger partial charge is 0.398 e. The Bertz CT molecular complexity index is 1270. The van der Waals surface area contributed by atoms with Crippen LogP contribution >= 0.6 is 15.9 Å². The Morgan fingerprint density at radius 1 is 0.953 bits per heavy atom. The Kier molecular flexibility index (Phi) is 9.74. The fourth-order valence-electron chi connectivity index (χ4n) is 7.37. The molecular weight excluding hydrogens is 606 g/mol. The monoisotopic (exact) mass is 651 g/mol.